The van der Waals surface area contributed by atoms with Crippen LogP contribution in [0, 0.1) is 6.92 Å². The maximum absolute atomic E-state index is 11.9. The second-order valence-electron chi connectivity index (χ2n) is 5.40. The minimum Gasteiger partial charge on any atom is -0.335 e. The molecule has 0 aliphatic carbocycles. The molecule has 1 saturated heterocycles. The molecule has 21 heavy (non-hydrogen) atoms. The normalized spacial score (nSPS) is 19.0. The molecule has 2 N–H and O–H groups in total. The monoisotopic (exact) mass is 293 g/mol. The summed E-state index contributed by atoms with van der Waals surface area (Å²) < 4.78 is 1.75. The van der Waals surface area contributed by atoms with E-state index < -0.39 is 0 Å². The number of rotatable bonds is 5. The molecule has 7 heteroatoms. The Kier molecular flexibility index (Phi) is 4.62. The van der Waals surface area contributed by atoms with Crippen LogP contribution in [0.3, 0.4) is 0 Å². The lowest BCUT2D eigenvalue weighted by molar-refractivity contribution is -0.132. The van der Waals surface area contributed by atoms with Crippen molar-refractivity contribution in [2.45, 2.75) is 39.8 Å². The van der Waals surface area contributed by atoms with E-state index in [1.165, 1.54) is 0 Å². The summed E-state index contributed by atoms with van der Waals surface area (Å²) >= 11 is 0. The number of nitrogens with zero attached hydrogens (tertiary/aromatic N) is 3. The summed E-state index contributed by atoms with van der Waals surface area (Å²) in [4.78, 5) is 25.4. The number of hydrogen-bond acceptors (Lipinski definition) is 5. The van der Waals surface area contributed by atoms with Crippen molar-refractivity contribution in [3.05, 3.63) is 11.3 Å². The van der Waals surface area contributed by atoms with E-state index in [0.29, 0.717) is 6.54 Å². The Balaban J connectivity index is 2.33. The Bertz CT molecular complexity index is 552. The minimum atomic E-state index is -0.387. The average Bonchev–Trinajstić information content (AvgIpc) is 2.69. The van der Waals surface area contributed by atoms with Gasteiger partial charge in [-0.25, -0.2) is 0 Å². The number of aromatic nitrogens is 2. The van der Waals surface area contributed by atoms with Crippen molar-refractivity contribution in [1.82, 2.24) is 20.4 Å². The maximum atomic E-state index is 11.9. The molecule has 1 aliphatic rings. The van der Waals surface area contributed by atoms with Crippen LogP contribution >= 0.6 is 0 Å². The Labute approximate surface area is 124 Å². The average molecular weight is 293 g/mol. The molecule has 1 unspecified atom stereocenters. The Hall–Kier alpha value is -1.89. The van der Waals surface area contributed by atoms with Gasteiger partial charge in [0.2, 0.25) is 11.8 Å². The predicted molar refractivity (Wildman–Crippen MR) is 79.9 cm³/mol. The fraction of sp³-hybridized carbons (Fsp3) is 0.643. The zero-order valence-electron chi connectivity index (χ0n) is 13.1. The highest BCUT2D eigenvalue weighted by molar-refractivity contribution is 6.04. The van der Waals surface area contributed by atoms with Crippen LogP contribution in [0.2, 0.25) is 0 Å². The molecule has 1 aliphatic heterocycles. The lowest BCUT2D eigenvalue weighted by Gasteiger charge is -2.34. The zero-order valence-corrected chi connectivity index (χ0v) is 13.1. The van der Waals surface area contributed by atoms with Gasteiger partial charge in [0, 0.05) is 19.2 Å². The van der Waals surface area contributed by atoms with E-state index in [2.05, 4.69) is 22.7 Å². The highest BCUT2D eigenvalue weighted by Crippen LogP contribution is 2.26. The van der Waals surface area contributed by atoms with Crippen LogP contribution in [0.25, 0.3) is 0 Å². The molecular weight excluding hydrogens is 270 g/mol. The molecule has 7 nitrogen and oxygen atoms in total. The number of amides is 2. The summed E-state index contributed by atoms with van der Waals surface area (Å²) in [6.45, 7) is 7.63. The number of piperazine rings is 1. The first-order chi connectivity index (χ1) is 9.95. The Morgan fingerprint density at radius 3 is 2.81 bits per heavy atom. The maximum Gasteiger partial charge on any atom is 0.249 e. The van der Waals surface area contributed by atoms with Gasteiger partial charge in [-0.2, -0.15) is 5.10 Å². The number of hydrogen-bond donors (Lipinski definition) is 2. The van der Waals surface area contributed by atoms with Gasteiger partial charge in [-0.3, -0.25) is 19.6 Å². The molecule has 116 valence electrons. The van der Waals surface area contributed by atoms with Gasteiger partial charge in [-0.05, 0) is 26.8 Å². The third-order valence-corrected chi connectivity index (χ3v) is 3.74. The second-order valence-corrected chi connectivity index (χ2v) is 5.40. The third kappa shape index (κ3) is 3.07. The molecule has 1 fully saturated rings. The number of anilines is 1. The van der Waals surface area contributed by atoms with Crippen LogP contribution in [0.15, 0.2) is 0 Å². The van der Waals surface area contributed by atoms with Gasteiger partial charge >= 0.3 is 0 Å². The first-order valence-electron chi connectivity index (χ1n) is 7.29. The van der Waals surface area contributed by atoms with Crippen molar-refractivity contribution in [1.29, 1.82) is 0 Å². The van der Waals surface area contributed by atoms with E-state index in [1.807, 2.05) is 18.9 Å². The molecule has 0 saturated carbocycles. The van der Waals surface area contributed by atoms with Crippen LogP contribution in [-0.4, -0.2) is 40.7 Å². The zero-order chi connectivity index (χ0) is 15.6. The fourth-order valence-corrected chi connectivity index (χ4v) is 2.62. The highest BCUT2D eigenvalue weighted by atomic mass is 16.2. The van der Waals surface area contributed by atoms with Gasteiger partial charge in [-0.1, -0.05) is 6.92 Å². The largest absolute Gasteiger partial charge is 0.335 e. The van der Waals surface area contributed by atoms with E-state index in [-0.39, 0.29) is 24.4 Å². The van der Waals surface area contributed by atoms with E-state index in [0.717, 1.165) is 30.0 Å². The van der Waals surface area contributed by atoms with Gasteiger partial charge in [0.05, 0.1) is 12.2 Å². The lowest BCUT2D eigenvalue weighted by atomic mass is 10.1. The Morgan fingerprint density at radius 2 is 2.14 bits per heavy atom. The van der Waals surface area contributed by atoms with Gasteiger partial charge in [0.25, 0.3) is 0 Å². The van der Waals surface area contributed by atoms with Crippen molar-refractivity contribution >= 4 is 17.6 Å². The summed E-state index contributed by atoms with van der Waals surface area (Å²) in [6.07, 6.45) is 1.05. The Morgan fingerprint density at radius 1 is 1.43 bits per heavy atom. The van der Waals surface area contributed by atoms with Crippen molar-refractivity contribution in [2.24, 2.45) is 7.05 Å². The molecule has 0 radical (unpaired) electrons. The van der Waals surface area contributed by atoms with Gasteiger partial charge < -0.3 is 10.2 Å². The SMILES string of the molecule is CCCNCc1c(C)nn(C)c1N1CC(=O)NC(=O)C1C. The molecule has 2 amide bonds. The van der Waals surface area contributed by atoms with Crippen LogP contribution in [0.1, 0.15) is 31.5 Å². The number of imide groups is 1. The van der Waals surface area contributed by atoms with Crippen molar-refractivity contribution in [3.63, 3.8) is 0 Å². The van der Waals surface area contributed by atoms with Crippen LogP contribution in [0.5, 0.6) is 0 Å². The standard InChI is InChI=1S/C14H23N5O2/c1-5-6-15-7-11-9(2)17-18(4)14(11)19-8-12(20)16-13(21)10(19)3/h10,15H,5-8H2,1-4H3,(H,16,20,21). The van der Waals surface area contributed by atoms with Gasteiger partial charge in [0.1, 0.15) is 11.9 Å². The molecule has 2 rings (SSSR count). The summed E-state index contributed by atoms with van der Waals surface area (Å²) in [7, 11) is 1.84. The molecule has 2 heterocycles. The summed E-state index contributed by atoms with van der Waals surface area (Å²) in [5, 5.41) is 10.2. The van der Waals surface area contributed by atoms with Crippen LogP contribution in [-0.2, 0) is 23.2 Å². The molecule has 0 aromatic carbocycles. The topological polar surface area (TPSA) is 79.3 Å². The molecular formula is C14H23N5O2. The summed E-state index contributed by atoms with van der Waals surface area (Å²) in [5.41, 5.74) is 1.96. The second kappa shape index (κ2) is 6.26. The minimum absolute atomic E-state index is 0.173. The number of aryl methyl sites for hydroxylation is 2. The van der Waals surface area contributed by atoms with Crippen LogP contribution < -0.4 is 15.5 Å². The number of carbonyl (C=O) groups excluding carboxylic acids is 2. The fourth-order valence-electron chi connectivity index (χ4n) is 2.62. The van der Waals surface area contributed by atoms with Gasteiger partial charge in [-0.15, -0.1) is 0 Å². The van der Waals surface area contributed by atoms with Crippen molar-refractivity contribution < 1.29 is 9.59 Å². The quantitative estimate of drug-likeness (QED) is 0.594. The van der Waals surface area contributed by atoms with E-state index in [9.17, 15) is 9.59 Å². The number of nitrogens with one attached hydrogen (secondary N) is 2. The number of carbonyl (C=O) groups is 2. The van der Waals surface area contributed by atoms with Gasteiger partial charge in [0.15, 0.2) is 0 Å². The predicted octanol–water partition coefficient (Wildman–Crippen LogP) is 0.0794. The third-order valence-electron chi connectivity index (χ3n) is 3.74. The van der Waals surface area contributed by atoms with Crippen molar-refractivity contribution in [2.75, 3.05) is 18.0 Å². The molecule has 1 atom stereocenters. The lowest BCUT2D eigenvalue weighted by Crippen LogP contribution is -2.57. The molecule has 0 bridgehead atoms. The highest BCUT2D eigenvalue weighted by Gasteiger charge is 2.33. The summed E-state index contributed by atoms with van der Waals surface area (Å²) in [5.74, 6) is 0.300. The van der Waals surface area contributed by atoms with Crippen LogP contribution in [0.4, 0.5) is 5.82 Å². The smallest absolute Gasteiger partial charge is 0.249 e. The molecule has 1 aromatic rings. The first kappa shape index (κ1) is 15.5. The van der Waals surface area contributed by atoms with E-state index >= 15 is 0 Å². The summed E-state index contributed by atoms with van der Waals surface area (Å²) in [6, 6.07) is -0.387. The van der Waals surface area contributed by atoms with Crippen molar-refractivity contribution in [3.8, 4) is 0 Å². The first-order valence-corrected chi connectivity index (χ1v) is 7.29. The molecule has 1 aromatic heterocycles. The molecule has 0 spiro atoms. The van der Waals surface area contributed by atoms with E-state index in [1.54, 1.807) is 11.6 Å². The van der Waals surface area contributed by atoms with E-state index in [4.69, 9.17) is 0 Å².